The highest BCUT2D eigenvalue weighted by molar-refractivity contribution is 7.17. The molecule has 1 amide bonds. The van der Waals surface area contributed by atoms with Crippen LogP contribution in [-0.2, 0) is 9.59 Å². The van der Waals surface area contributed by atoms with Crippen molar-refractivity contribution in [1.82, 2.24) is 4.98 Å². The minimum Gasteiger partial charge on any atom is -0.331 e. The quantitative estimate of drug-likeness (QED) is 0.302. The molecule has 0 aliphatic carbocycles. The summed E-state index contributed by atoms with van der Waals surface area (Å²) < 4.78 is 0. The normalized spacial score (nSPS) is 10.6. The maximum absolute atomic E-state index is 12.7. The number of anilines is 3. The van der Waals surface area contributed by atoms with Crippen LogP contribution in [0.5, 0.6) is 0 Å². The monoisotopic (exact) mass is 435 g/mol. The Hall–Kier alpha value is -3.32. The lowest BCUT2D eigenvalue weighted by atomic mass is 10.1. The first-order chi connectivity index (χ1) is 14.7. The molecule has 31 heavy (non-hydrogen) atoms. The lowest BCUT2D eigenvalue weighted by Crippen LogP contribution is -2.25. The first-order valence-electron chi connectivity index (χ1n) is 9.91. The first-order valence-corrected chi connectivity index (χ1v) is 10.7. The van der Waals surface area contributed by atoms with Gasteiger partial charge in [0.2, 0.25) is 5.78 Å². The van der Waals surface area contributed by atoms with Gasteiger partial charge in [-0.2, -0.15) is 0 Å². The van der Waals surface area contributed by atoms with Crippen molar-refractivity contribution in [1.29, 1.82) is 0 Å². The number of benzene rings is 2. The second-order valence-corrected chi connectivity index (χ2v) is 8.57. The van der Waals surface area contributed by atoms with Gasteiger partial charge in [0, 0.05) is 11.4 Å². The number of rotatable bonds is 7. The maximum Gasteiger partial charge on any atom is 0.292 e. The van der Waals surface area contributed by atoms with Gasteiger partial charge in [-0.05, 0) is 56.9 Å². The lowest BCUT2D eigenvalue weighted by molar-refractivity contribution is -0.134. The molecule has 0 unspecified atom stereocenters. The maximum atomic E-state index is 12.7. The van der Waals surface area contributed by atoms with E-state index in [4.69, 9.17) is 0 Å². The molecule has 2 N–H and O–H groups in total. The summed E-state index contributed by atoms with van der Waals surface area (Å²) in [6.07, 6.45) is -0.497. The zero-order valence-corrected chi connectivity index (χ0v) is 19.1. The number of carbonyl (C=O) groups excluding carboxylic acids is 3. The molecule has 6 nitrogen and oxygen atoms in total. The van der Waals surface area contributed by atoms with Crippen LogP contribution >= 0.6 is 11.3 Å². The van der Waals surface area contributed by atoms with Crippen LogP contribution in [0.2, 0.25) is 0 Å². The summed E-state index contributed by atoms with van der Waals surface area (Å²) in [5, 5.41) is 6.48. The van der Waals surface area contributed by atoms with Gasteiger partial charge in [-0.3, -0.25) is 14.4 Å². The molecule has 0 atom stereocenters. The number of thiazole rings is 1. The number of hydrogen-bond donors (Lipinski definition) is 2. The van der Waals surface area contributed by atoms with Crippen LogP contribution in [0.4, 0.5) is 16.5 Å². The molecule has 0 spiro atoms. The molecule has 0 bridgehead atoms. The zero-order valence-electron chi connectivity index (χ0n) is 18.3. The number of ketones is 2. The molecule has 0 saturated heterocycles. The minimum atomic E-state index is -0.790. The fourth-order valence-corrected chi connectivity index (χ4v) is 4.24. The predicted octanol–water partition coefficient (Wildman–Crippen LogP) is 5.21. The van der Waals surface area contributed by atoms with Gasteiger partial charge in [-0.25, -0.2) is 4.98 Å². The number of para-hydroxylation sites is 2. The average molecular weight is 436 g/mol. The standard InChI is InChI=1S/C24H25N3O3S/c1-13-8-6-9-14(2)20(13)26-23(30)19(29)12-18(28)22-17(5)25-24(31-22)27-21-15(3)10-7-11-16(21)4/h6-11H,12H2,1-5H3,(H,25,27)(H,26,30). The molecule has 0 aliphatic rings. The number of hydrogen-bond acceptors (Lipinski definition) is 6. The second kappa shape index (κ2) is 9.22. The van der Waals surface area contributed by atoms with Crippen molar-refractivity contribution < 1.29 is 14.4 Å². The second-order valence-electron chi connectivity index (χ2n) is 7.57. The minimum absolute atomic E-state index is 0.377. The fraction of sp³-hybridized carbons (Fsp3) is 0.250. The van der Waals surface area contributed by atoms with Gasteiger partial charge in [0.1, 0.15) is 0 Å². The average Bonchev–Trinajstić information content (AvgIpc) is 3.08. The third kappa shape index (κ3) is 5.06. The number of carbonyl (C=O) groups is 3. The Labute approximate surface area is 185 Å². The molecule has 160 valence electrons. The Morgan fingerprint density at radius 1 is 0.839 bits per heavy atom. The van der Waals surface area contributed by atoms with E-state index in [9.17, 15) is 14.4 Å². The van der Waals surface area contributed by atoms with Crippen molar-refractivity contribution in [3.8, 4) is 0 Å². The Balaban J connectivity index is 1.70. The lowest BCUT2D eigenvalue weighted by Gasteiger charge is -2.10. The highest BCUT2D eigenvalue weighted by atomic mass is 32.1. The van der Waals surface area contributed by atoms with Crippen molar-refractivity contribution in [2.45, 2.75) is 41.0 Å². The molecule has 3 aromatic rings. The smallest absolute Gasteiger partial charge is 0.292 e. The molecule has 7 heteroatoms. The van der Waals surface area contributed by atoms with E-state index in [1.165, 1.54) is 11.3 Å². The van der Waals surface area contributed by atoms with Crippen molar-refractivity contribution in [3.63, 3.8) is 0 Å². The van der Waals surface area contributed by atoms with Crippen LogP contribution in [0.15, 0.2) is 36.4 Å². The summed E-state index contributed by atoms with van der Waals surface area (Å²) in [5.74, 6) is -1.97. The topological polar surface area (TPSA) is 88.2 Å². The van der Waals surface area contributed by atoms with E-state index in [1.54, 1.807) is 6.92 Å². The molecular weight excluding hydrogens is 410 g/mol. The highest BCUT2D eigenvalue weighted by Gasteiger charge is 2.23. The Bertz CT molecular complexity index is 1140. The van der Waals surface area contributed by atoms with Crippen molar-refractivity contribution in [2.24, 2.45) is 0 Å². The fourth-order valence-electron chi connectivity index (χ4n) is 3.33. The summed E-state index contributed by atoms with van der Waals surface area (Å²) in [4.78, 5) is 42.3. The van der Waals surface area contributed by atoms with E-state index in [0.29, 0.717) is 21.4 Å². The number of amides is 1. The summed E-state index contributed by atoms with van der Waals surface area (Å²) in [7, 11) is 0. The van der Waals surface area contributed by atoms with Crippen molar-refractivity contribution >= 4 is 45.3 Å². The van der Waals surface area contributed by atoms with Crippen molar-refractivity contribution in [2.75, 3.05) is 10.6 Å². The van der Waals surface area contributed by atoms with Crippen LogP contribution in [0.1, 0.15) is 44.0 Å². The van der Waals surface area contributed by atoms with Crippen LogP contribution < -0.4 is 10.6 Å². The molecular formula is C24H25N3O3S. The first kappa shape index (κ1) is 22.4. The van der Waals surface area contributed by atoms with E-state index in [-0.39, 0.29) is 0 Å². The SMILES string of the molecule is Cc1cccc(C)c1NC(=O)C(=O)CC(=O)c1sc(Nc2c(C)cccc2C)nc1C. The van der Waals surface area contributed by atoms with E-state index >= 15 is 0 Å². The highest BCUT2D eigenvalue weighted by Crippen LogP contribution is 2.30. The molecule has 0 aliphatic heterocycles. The van der Waals surface area contributed by atoms with Gasteiger partial charge in [-0.15, -0.1) is 0 Å². The Kier molecular flexibility index (Phi) is 6.65. The van der Waals surface area contributed by atoms with E-state index in [0.717, 1.165) is 27.9 Å². The molecule has 0 fully saturated rings. The van der Waals surface area contributed by atoms with Gasteiger partial charge < -0.3 is 10.6 Å². The van der Waals surface area contributed by atoms with Crippen molar-refractivity contribution in [3.05, 3.63) is 69.2 Å². The third-order valence-corrected chi connectivity index (χ3v) is 6.17. The number of Topliss-reactive ketones (excluding diaryl/α,β-unsaturated/α-hetero) is 2. The van der Waals surface area contributed by atoms with E-state index in [1.807, 2.05) is 64.1 Å². The van der Waals surface area contributed by atoms with Gasteiger partial charge in [0.05, 0.1) is 17.0 Å². The molecule has 0 radical (unpaired) electrons. The van der Waals surface area contributed by atoms with Gasteiger partial charge in [0.25, 0.3) is 5.91 Å². The number of nitrogens with one attached hydrogen (secondary N) is 2. The molecule has 1 aromatic heterocycles. The van der Waals surface area contributed by atoms with Gasteiger partial charge in [0.15, 0.2) is 10.9 Å². The predicted molar refractivity (Wildman–Crippen MR) is 125 cm³/mol. The van der Waals surface area contributed by atoms with E-state index in [2.05, 4.69) is 15.6 Å². The molecule has 1 heterocycles. The Morgan fingerprint density at radius 2 is 1.35 bits per heavy atom. The molecule has 0 saturated carbocycles. The van der Waals surface area contributed by atoms with Crippen LogP contribution in [-0.4, -0.2) is 22.5 Å². The zero-order chi connectivity index (χ0) is 22.7. The van der Waals surface area contributed by atoms with Gasteiger partial charge in [-0.1, -0.05) is 47.7 Å². The largest absolute Gasteiger partial charge is 0.331 e. The van der Waals surface area contributed by atoms with E-state index < -0.39 is 23.9 Å². The Morgan fingerprint density at radius 3 is 1.90 bits per heavy atom. The summed E-state index contributed by atoms with van der Waals surface area (Å²) in [6.45, 7) is 9.42. The summed E-state index contributed by atoms with van der Waals surface area (Å²) in [6, 6.07) is 11.5. The third-order valence-electron chi connectivity index (χ3n) is 5.06. The summed E-state index contributed by atoms with van der Waals surface area (Å²) in [5.41, 5.74) is 5.92. The molecule has 3 rings (SSSR count). The molecule has 2 aromatic carbocycles. The van der Waals surface area contributed by atoms with Crippen LogP contribution in [0.3, 0.4) is 0 Å². The number of aryl methyl sites for hydroxylation is 5. The van der Waals surface area contributed by atoms with Gasteiger partial charge >= 0.3 is 0 Å². The summed E-state index contributed by atoms with van der Waals surface area (Å²) >= 11 is 1.19. The van der Waals surface area contributed by atoms with Crippen LogP contribution in [0, 0.1) is 34.6 Å². The number of nitrogens with zero attached hydrogens (tertiary/aromatic N) is 1. The van der Waals surface area contributed by atoms with Crippen LogP contribution in [0.25, 0.3) is 0 Å². The number of aromatic nitrogens is 1.